The first-order valence-corrected chi connectivity index (χ1v) is 11.7. The molecule has 3 unspecified atom stereocenters. The van der Waals surface area contributed by atoms with Gasteiger partial charge in [-0.05, 0) is 62.8 Å². The van der Waals surface area contributed by atoms with Crippen LogP contribution in [0, 0.1) is 25.7 Å². The lowest BCUT2D eigenvalue weighted by Crippen LogP contribution is -2.32. The molecule has 5 rings (SSSR count). The van der Waals surface area contributed by atoms with Crippen molar-refractivity contribution in [3.05, 3.63) is 57.9 Å². The summed E-state index contributed by atoms with van der Waals surface area (Å²) in [7, 11) is 0. The summed E-state index contributed by atoms with van der Waals surface area (Å²) in [6, 6.07) is 2.74. The van der Waals surface area contributed by atoms with Crippen LogP contribution in [0.3, 0.4) is 0 Å². The molecule has 10 heteroatoms. The summed E-state index contributed by atoms with van der Waals surface area (Å²) < 4.78 is 48.7. The van der Waals surface area contributed by atoms with Gasteiger partial charge in [0.25, 0.3) is 0 Å². The lowest BCUT2D eigenvalue weighted by molar-refractivity contribution is -0.139. The van der Waals surface area contributed by atoms with E-state index in [0.717, 1.165) is 6.42 Å². The van der Waals surface area contributed by atoms with Gasteiger partial charge in [0.15, 0.2) is 0 Å². The zero-order chi connectivity index (χ0) is 25.1. The summed E-state index contributed by atoms with van der Waals surface area (Å²) in [5.41, 5.74) is 5.29. The zero-order valence-corrected chi connectivity index (χ0v) is 19.7. The number of ketones is 1. The Morgan fingerprint density at radius 3 is 2.63 bits per heavy atom. The van der Waals surface area contributed by atoms with Crippen molar-refractivity contribution in [2.24, 2.45) is 11.8 Å². The monoisotopic (exact) mass is 485 g/mol. The molecule has 1 saturated heterocycles. The zero-order valence-electron chi connectivity index (χ0n) is 19.7. The van der Waals surface area contributed by atoms with Crippen LogP contribution in [0.1, 0.15) is 70.1 Å². The fourth-order valence-corrected chi connectivity index (χ4v) is 5.00. The second-order valence-electron chi connectivity index (χ2n) is 9.37. The molecule has 1 saturated carbocycles. The van der Waals surface area contributed by atoms with Crippen LogP contribution in [0.25, 0.3) is 11.5 Å². The maximum Gasteiger partial charge on any atom is 0.418 e. The van der Waals surface area contributed by atoms with Gasteiger partial charge in [-0.25, -0.2) is 15.0 Å². The molecular weight excluding hydrogens is 459 g/mol. The molecule has 7 nitrogen and oxygen atoms in total. The third-order valence-electron chi connectivity index (χ3n) is 6.96. The second-order valence-corrected chi connectivity index (χ2v) is 9.37. The van der Waals surface area contributed by atoms with Gasteiger partial charge < -0.3 is 15.5 Å². The van der Waals surface area contributed by atoms with Crippen LogP contribution in [0.15, 0.2) is 22.7 Å². The van der Waals surface area contributed by atoms with Crippen molar-refractivity contribution in [1.82, 2.24) is 20.3 Å². The number of alkyl halides is 3. The smallest absolute Gasteiger partial charge is 0.418 e. The number of oxazole rings is 1. The van der Waals surface area contributed by atoms with Gasteiger partial charge in [-0.3, -0.25) is 4.79 Å². The fraction of sp³-hybridized carbons (Fsp3) is 0.440. The number of carbonyl (C=O) groups is 1. The van der Waals surface area contributed by atoms with Crippen molar-refractivity contribution in [3.8, 4) is 11.5 Å². The minimum absolute atomic E-state index is 0.0800. The van der Waals surface area contributed by atoms with E-state index in [1.165, 1.54) is 6.92 Å². The quantitative estimate of drug-likeness (QED) is 0.499. The van der Waals surface area contributed by atoms with Crippen molar-refractivity contribution in [2.75, 3.05) is 12.3 Å². The minimum Gasteiger partial charge on any atom is -0.441 e. The highest BCUT2D eigenvalue weighted by atomic mass is 19.4. The summed E-state index contributed by atoms with van der Waals surface area (Å²) >= 11 is 0. The molecule has 0 aromatic carbocycles. The molecule has 1 aliphatic heterocycles. The van der Waals surface area contributed by atoms with Crippen LogP contribution in [0.5, 0.6) is 0 Å². The van der Waals surface area contributed by atoms with Gasteiger partial charge in [-0.1, -0.05) is 6.92 Å². The first-order chi connectivity index (χ1) is 16.6. The number of pyridine rings is 2. The number of nitrogens with one attached hydrogen (secondary N) is 1. The molecule has 0 spiro atoms. The topological polar surface area (TPSA) is 107 Å². The molecule has 3 atom stereocenters. The lowest BCUT2D eigenvalue weighted by atomic mass is 9.90. The van der Waals surface area contributed by atoms with E-state index in [2.05, 4.69) is 20.3 Å². The van der Waals surface area contributed by atoms with Crippen LogP contribution in [-0.2, 0) is 12.6 Å². The highest BCUT2D eigenvalue weighted by Crippen LogP contribution is 2.49. The molecule has 0 amide bonds. The van der Waals surface area contributed by atoms with Crippen LogP contribution >= 0.6 is 0 Å². The number of anilines is 1. The Kier molecular flexibility index (Phi) is 5.66. The standard InChI is InChI=1S/C25H26F3N5O2/c1-4-15-10-31-24(35-15)16-6-5-11(2)32-20(16)22(34)18-12(3)19(25(26,27)28)21(33-23(18)29)17-8-13-7-14(13)9-30-17/h5-6,10,13-14,17,30H,4,7-9H2,1-3H3,(H2,29,33). The van der Waals surface area contributed by atoms with E-state index in [0.29, 0.717) is 42.7 Å². The number of aryl methyl sites for hydroxylation is 2. The fourth-order valence-electron chi connectivity index (χ4n) is 5.00. The van der Waals surface area contributed by atoms with Gasteiger partial charge in [0, 0.05) is 12.1 Å². The van der Waals surface area contributed by atoms with Crippen molar-refractivity contribution in [3.63, 3.8) is 0 Å². The van der Waals surface area contributed by atoms with Gasteiger partial charge in [0.2, 0.25) is 11.7 Å². The molecule has 1 aliphatic carbocycles. The van der Waals surface area contributed by atoms with E-state index >= 15 is 0 Å². The van der Waals surface area contributed by atoms with Crippen molar-refractivity contribution < 1.29 is 22.4 Å². The van der Waals surface area contributed by atoms with E-state index in [1.54, 1.807) is 25.3 Å². The molecule has 3 N–H and O–H groups in total. The Bertz CT molecular complexity index is 1320. The molecule has 2 aliphatic rings. The minimum atomic E-state index is -4.71. The highest BCUT2D eigenvalue weighted by molar-refractivity contribution is 6.14. The predicted octanol–water partition coefficient (Wildman–Crippen LogP) is 4.81. The van der Waals surface area contributed by atoms with Crippen molar-refractivity contribution in [2.45, 2.75) is 52.3 Å². The first kappa shape index (κ1) is 23.5. The predicted molar refractivity (Wildman–Crippen MR) is 123 cm³/mol. The van der Waals surface area contributed by atoms with E-state index in [9.17, 15) is 18.0 Å². The number of nitrogens with two attached hydrogens (primary N) is 1. The number of carbonyl (C=O) groups excluding carboxylic acids is 1. The maximum atomic E-state index is 14.3. The third-order valence-corrected chi connectivity index (χ3v) is 6.96. The molecule has 0 radical (unpaired) electrons. The van der Waals surface area contributed by atoms with E-state index < -0.39 is 23.6 Å². The number of piperidine rings is 1. The Hall–Kier alpha value is -3.27. The number of hydrogen-bond acceptors (Lipinski definition) is 7. The summed E-state index contributed by atoms with van der Waals surface area (Å²) in [5, 5.41) is 3.18. The number of halogens is 3. The van der Waals surface area contributed by atoms with Gasteiger partial charge in [0.1, 0.15) is 17.3 Å². The maximum absolute atomic E-state index is 14.3. The number of hydrogen-bond donors (Lipinski definition) is 2. The van der Waals surface area contributed by atoms with Crippen LogP contribution in [-0.4, -0.2) is 27.3 Å². The Balaban J connectivity index is 1.64. The molecule has 3 aromatic heterocycles. The highest BCUT2D eigenvalue weighted by Gasteiger charge is 2.46. The Labute approximate surface area is 200 Å². The average Bonchev–Trinajstić information content (AvgIpc) is 3.42. The average molecular weight is 486 g/mol. The lowest BCUT2D eigenvalue weighted by Gasteiger charge is -2.27. The van der Waals surface area contributed by atoms with Crippen molar-refractivity contribution in [1.29, 1.82) is 0 Å². The number of fused-ring (bicyclic) bond motifs is 1. The SMILES string of the molecule is CCc1cnc(-c2ccc(C)nc2C(=O)c2c(N)nc(C3CC4CC4CN3)c(C(F)(F)F)c2C)o1. The summed E-state index contributed by atoms with van der Waals surface area (Å²) in [4.78, 5) is 26.4. The second kappa shape index (κ2) is 8.44. The van der Waals surface area contributed by atoms with E-state index in [4.69, 9.17) is 10.2 Å². The summed E-state index contributed by atoms with van der Waals surface area (Å²) in [6.45, 7) is 5.51. The van der Waals surface area contributed by atoms with Crippen LogP contribution < -0.4 is 11.1 Å². The number of aromatic nitrogens is 3. The number of nitrogens with zero attached hydrogens (tertiary/aromatic N) is 3. The van der Waals surface area contributed by atoms with E-state index in [1.807, 2.05) is 6.92 Å². The largest absolute Gasteiger partial charge is 0.441 e. The van der Waals surface area contributed by atoms with Crippen LogP contribution in [0.4, 0.5) is 19.0 Å². The molecule has 2 fully saturated rings. The van der Waals surface area contributed by atoms with Gasteiger partial charge >= 0.3 is 6.18 Å². The number of rotatable bonds is 5. The Morgan fingerprint density at radius 1 is 1.20 bits per heavy atom. The molecule has 35 heavy (non-hydrogen) atoms. The van der Waals surface area contributed by atoms with Gasteiger partial charge in [0.05, 0.1) is 34.6 Å². The van der Waals surface area contributed by atoms with Crippen molar-refractivity contribution >= 4 is 11.6 Å². The first-order valence-electron chi connectivity index (χ1n) is 11.7. The Morgan fingerprint density at radius 2 is 1.97 bits per heavy atom. The molecule has 184 valence electrons. The number of nitrogen functional groups attached to an aromatic ring is 1. The molecule has 3 aromatic rings. The van der Waals surface area contributed by atoms with E-state index in [-0.39, 0.29) is 39.8 Å². The summed E-state index contributed by atoms with van der Waals surface area (Å²) in [5.74, 6) is 0.705. The van der Waals surface area contributed by atoms with Gasteiger partial charge in [-0.2, -0.15) is 13.2 Å². The van der Waals surface area contributed by atoms with Gasteiger partial charge in [-0.15, -0.1) is 0 Å². The third kappa shape index (κ3) is 4.20. The van der Waals surface area contributed by atoms with Crippen LogP contribution in [0.2, 0.25) is 0 Å². The molecular formula is C25H26F3N5O2. The summed E-state index contributed by atoms with van der Waals surface area (Å²) in [6.07, 6.45) is -0.987. The molecule has 0 bridgehead atoms. The molecule has 4 heterocycles. The normalized spacial score (nSPS) is 21.6.